The van der Waals surface area contributed by atoms with Gasteiger partial charge in [-0.15, -0.1) is 6.42 Å². The van der Waals surface area contributed by atoms with E-state index < -0.39 is 58.5 Å². The van der Waals surface area contributed by atoms with Crippen LogP contribution in [0.2, 0.25) is 0 Å². The van der Waals surface area contributed by atoms with Gasteiger partial charge < -0.3 is 33.4 Å². The minimum atomic E-state index is -1.15. The number of hydrogen-bond acceptors (Lipinski definition) is 15. The van der Waals surface area contributed by atoms with Crippen molar-refractivity contribution in [1.29, 1.82) is 0 Å². The summed E-state index contributed by atoms with van der Waals surface area (Å²) in [5, 5.41) is 0. The first-order valence-electron chi connectivity index (χ1n) is 29.2. The lowest BCUT2D eigenvalue weighted by atomic mass is 9.76. The molecule has 2 atom stereocenters. The molecule has 5 aromatic carbocycles. The van der Waals surface area contributed by atoms with Gasteiger partial charge in [0.2, 0.25) is 0 Å². The molecule has 0 heterocycles. The van der Waals surface area contributed by atoms with Gasteiger partial charge in [-0.25, -0.2) is 19.2 Å². The molecule has 0 saturated heterocycles. The molecule has 1 N–H and O–H groups in total. The molecular weight excluding hydrogens is 1100 g/mol. The third-order valence-electron chi connectivity index (χ3n) is 17.1. The minimum Gasteiger partial charge on any atom is -0.454 e. The van der Waals surface area contributed by atoms with E-state index in [1.165, 1.54) is 24.3 Å². The van der Waals surface area contributed by atoms with Gasteiger partial charge in [0.25, 0.3) is 0 Å². The van der Waals surface area contributed by atoms with E-state index in [1.54, 1.807) is 12.1 Å². The van der Waals surface area contributed by atoms with Crippen molar-refractivity contribution in [3.05, 3.63) is 191 Å². The second-order valence-electron chi connectivity index (χ2n) is 22.7. The van der Waals surface area contributed by atoms with E-state index in [1.807, 2.05) is 90.6 Å². The Balaban J connectivity index is 0.749. The minimum absolute atomic E-state index is 0.0937. The summed E-state index contributed by atoms with van der Waals surface area (Å²) in [6.07, 6.45) is 14.9. The topological polar surface area (TPSA) is 196 Å². The largest absolute Gasteiger partial charge is 0.454 e. The summed E-state index contributed by atoms with van der Waals surface area (Å²) >= 11 is 0. The molecular formula is C72H63NO14. The molecule has 0 aliphatic heterocycles. The number of ether oxygens (including phenoxy) is 5. The van der Waals surface area contributed by atoms with Crippen LogP contribution in [-0.4, -0.2) is 58.6 Å². The van der Waals surface area contributed by atoms with Gasteiger partial charge in [-0.3, -0.25) is 14.4 Å². The van der Waals surface area contributed by atoms with Crippen molar-refractivity contribution in [2.24, 2.45) is 23.7 Å². The summed E-state index contributed by atoms with van der Waals surface area (Å²) in [5.74, 6) is 17.4. The molecule has 0 spiro atoms. The van der Waals surface area contributed by atoms with E-state index in [-0.39, 0.29) is 41.0 Å². The highest BCUT2D eigenvalue weighted by Crippen LogP contribution is 2.68. The molecule has 5 saturated carbocycles. The second-order valence-corrected chi connectivity index (χ2v) is 22.7. The maximum absolute atomic E-state index is 14.1. The average molecular weight is 1170 g/mol. The molecule has 0 bridgehead atoms. The normalized spacial score (nSPS) is 23.8. The lowest BCUT2D eigenvalue weighted by Crippen LogP contribution is -2.44. The Morgan fingerprint density at radius 1 is 0.448 bits per heavy atom. The number of hydrogen-bond donors (Lipinski definition) is 1. The van der Waals surface area contributed by atoms with Gasteiger partial charge in [0.15, 0.2) is 16.8 Å². The van der Waals surface area contributed by atoms with Crippen LogP contribution in [0.3, 0.4) is 0 Å². The van der Waals surface area contributed by atoms with Gasteiger partial charge in [-0.2, -0.15) is 0 Å². The fourth-order valence-electron chi connectivity index (χ4n) is 11.7. The van der Waals surface area contributed by atoms with Gasteiger partial charge >= 0.3 is 41.8 Å². The Morgan fingerprint density at radius 3 is 1.31 bits per heavy atom. The van der Waals surface area contributed by atoms with E-state index in [2.05, 4.69) is 59.4 Å². The maximum atomic E-state index is 14.1. The highest BCUT2D eigenvalue weighted by atomic mass is 16.9. The van der Waals surface area contributed by atoms with E-state index in [0.717, 1.165) is 45.5 Å². The molecule has 2 unspecified atom stereocenters. The smallest absolute Gasteiger partial charge is 0.352 e. The Morgan fingerprint density at radius 2 is 0.862 bits per heavy atom. The number of terminal acetylenes is 1. The van der Waals surface area contributed by atoms with Crippen molar-refractivity contribution in [2.45, 2.75) is 119 Å². The third-order valence-corrected chi connectivity index (χ3v) is 17.1. The molecule has 87 heavy (non-hydrogen) atoms. The van der Waals surface area contributed by atoms with Crippen molar-refractivity contribution in [2.75, 3.05) is 0 Å². The van der Waals surface area contributed by atoms with Crippen LogP contribution in [0.4, 0.5) is 0 Å². The van der Waals surface area contributed by atoms with E-state index >= 15 is 0 Å². The molecule has 5 aliphatic carbocycles. The van der Waals surface area contributed by atoms with Gasteiger partial charge in [0, 0.05) is 57.6 Å². The number of carbonyl (C=O) groups excluding carboxylic acids is 7. The molecule has 5 aromatic rings. The highest BCUT2D eigenvalue weighted by molar-refractivity contribution is 5.90. The van der Waals surface area contributed by atoms with Gasteiger partial charge in [-0.05, 0) is 216 Å². The molecule has 10 rings (SSSR count). The Bertz CT molecular complexity index is 3690. The van der Waals surface area contributed by atoms with Crippen LogP contribution >= 0.6 is 0 Å². The number of benzene rings is 5. The van der Waals surface area contributed by atoms with Gasteiger partial charge in [0.05, 0.1) is 29.2 Å². The summed E-state index contributed by atoms with van der Waals surface area (Å²) < 4.78 is 29.4. The van der Waals surface area contributed by atoms with Crippen molar-refractivity contribution >= 4 is 41.8 Å². The molecule has 0 amide bonds. The molecule has 5 fully saturated rings. The van der Waals surface area contributed by atoms with Crippen LogP contribution in [0.25, 0.3) is 0 Å². The van der Waals surface area contributed by atoms with Gasteiger partial charge in [-0.1, -0.05) is 60.8 Å². The summed E-state index contributed by atoms with van der Waals surface area (Å²) in [5.41, 5.74) is 5.39. The van der Waals surface area contributed by atoms with E-state index in [9.17, 15) is 33.6 Å². The fraction of sp³-hybridized carbons (Fsp3) is 0.319. The molecule has 15 heteroatoms. The zero-order valence-corrected chi connectivity index (χ0v) is 47.9. The summed E-state index contributed by atoms with van der Waals surface area (Å²) in [6.45, 7) is 6.72. The third kappa shape index (κ3) is 15.0. The van der Waals surface area contributed by atoms with Crippen LogP contribution < -0.4 is 15.1 Å². The number of esters is 5. The SMILES string of the molecule is C#Cc1ccc(C#Cc2ccc(C#Cc3ccc(C#CC4(OC(=O)c5ccc(OC(=O)C6CCC(C(=O)ONOC(=O)C=C)CC6)cc5)CCC(c5ccc(OC(=O)C6CCC(C(=O)OC78CCC7(OC(=O)C=C)C8)CC6)cc5)CC4)cc3)cc2)cc1. The summed E-state index contributed by atoms with van der Waals surface area (Å²) in [7, 11) is 0. The number of rotatable bonds is 15. The average Bonchev–Trinajstić information content (AvgIpc) is 1.51. The maximum Gasteiger partial charge on any atom is 0.352 e. The molecule has 15 nitrogen and oxygen atoms in total. The molecule has 5 aliphatic rings. The number of carbonyl (C=O) groups is 7. The van der Waals surface area contributed by atoms with Crippen molar-refractivity contribution in [1.82, 2.24) is 5.64 Å². The molecule has 0 radical (unpaired) electrons. The number of nitrogens with one attached hydrogen (secondary N) is 1. The summed E-state index contributed by atoms with van der Waals surface area (Å²) in [4.78, 5) is 98.5. The first kappa shape index (κ1) is 60.2. The van der Waals surface area contributed by atoms with Crippen molar-refractivity contribution < 1.29 is 66.9 Å². The number of fused-ring (bicyclic) bond motifs is 1. The van der Waals surface area contributed by atoms with Crippen molar-refractivity contribution in [3.63, 3.8) is 0 Å². The monoisotopic (exact) mass is 1170 g/mol. The quantitative estimate of drug-likeness (QED) is 0.0259. The first-order chi connectivity index (χ1) is 42.1. The van der Waals surface area contributed by atoms with Gasteiger partial charge in [0.1, 0.15) is 11.5 Å². The van der Waals surface area contributed by atoms with Crippen LogP contribution in [0.5, 0.6) is 11.5 Å². The zero-order chi connectivity index (χ0) is 61.0. The molecule has 440 valence electrons. The summed E-state index contributed by atoms with van der Waals surface area (Å²) in [6, 6.07) is 36.4. The van der Waals surface area contributed by atoms with Crippen LogP contribution in [0.1, 0.15) is 152 Å². The Kier molecular flexibility index (Phi) is 18.7. The Labute approximate surface area is 505 Å². The standard InChI is InChI=1S/C72H63NO14/c1-4-48-7-9-49(10-8-48)11-12-50-13-15-51(16-14-50)17-18-52-19-21-53(22-20-52)39-42-70(84-67(78)59-33-37-62(38-34-59)82-66(77)57-25-29-60(30-26-57)69(80)87-73-86-64(75)6-3)43-40-55(41-44-70)54-31-35-61(36-32-54)81-65(76)56-23-27-58(28-24-56)68(79)85-72-46-45-71(72,47-72)83-63(74)5-2/h1,5-10,13-16,19-22,31-38,55-58,60,73H,2-3,23-30,40-41,43-47H2. The second kappa shape index (κ2) is 27.0. The predicted octanol–water partition coefficient (Wildman–Crippen LogP) is 10.8. The van der Waals surface area contributed by atoms with Crippen LogP contribution in [0.15, 0.2) is 147 Å². The van der Waals surface area contributed by atoms with E-state index in [4.69, 9.17) is 34.9 Å². The predicted molar refractivity (Wildman–Crippen MR) is 318 cm³/mol. The molecule has 0 aromatic heterocycles. The first-order valence-corrected chi connectivity index (χ1v) is 29.2. The highest BCUT2D eigenvalue weighted by Gasteiger charge is 2.81. The fourth-order valence-corrected chi connectivity index (χ4v) is 11.7. The van der Waals surface area contributed by atoms with Crippen LogP contribution in [0, 0.1) is 71.5 Å². The zero-order valence-electron chi connectivity index (χ0n) is 47.9. The van der Waals surface area contributed by atoms with E-state index in [0.29, 0.717) is 108 Å². The Hall–Kier alpha value is -9.93. The van der Waals surface area contributed by atoms with Crippen molar-refractivity contribution in [3.8, 4) is 59.4 Å². The lowest BCUT2D eigenvalue weighted by Gasteiger charge is -2.36. The van der Waals surface area contributed by atoms with Crippen LogP contribution in [-0.2, 0) is 52.7 Å². The lowest BCUT2D eigenvalue weighted by molar-refractivity contribution is -0.199.